The molecule has 0 unspecified atom stereocenters. The van der Waals surface area contributed by atoms with E-state index in [9.17, 15) is 18.0 Å². The molecule has 2 amide bonds. The summed E-state index contributed by atoms with van der Waals surface area (Å²) in [4.78, 5) is 27.5. The van der Waals surface area contributed by atoms with E-state index >= 15 is 0 Å². The van der Waals surface area contributed by atoms with E-state index in [1.54, 1.807) is 25.1 Å². The summed E-state index contributed by atoms with van der Waals surface area (Å²) in [5.41, 5.74) is 0.644. The molecular formula is C23H29Cl2N3O6S. The van der Waals surface area contributed by atoms with Crippen molar-refractivity contribution >= 4 is 50.7 Å². The van der Waals surface area contributed by atoms with Crippen molar-refractivity contribution in [3.63, 3.8) is 0 Å². The minimum absolute atomic E-state index is 0.0905. The first-order chi connectivity index (χ1) is 16.5. The van der Waals surface area contributed by atoms with E-state index in [2.05, 4.69) is 5.32 Å². The van der Waals surface area contributed by atoms with Gasteiger partial charge in [-0.25, -0.2) is 8.42 Å². The SMILES string of the molecule is CC[C@H](C(=O)NC)N(Cc1c(Cl)cccc1Cl)C(=O)CN(c1ccc(OC)c(OC)c1)S(C)(=O)=O. The molecular weight excluding hydrogens is 517 g/mol. The van der Waals surface area contributed by atoms with E-state index in [0.29, 0.717) is 27.1 Å². The number of carbonyl (C=O) groups excluding carboxylic acids is 2. The van der Waals surface area contributed by atoms with Crippen LogP contribution in [0, 0.1) is 0 Å². The van der Waals surface area contributed by atoms with Gasteiger partial charge in [-0.2, -0.15) is 0 Å². The van der Waals surface area contributed by atoms with E-state index in [4.69, 9.17) is 32.7 Å². The van der Waals surface area contributed by atoms with Crippen LogP contribution in [0.5, 0.6) is 11.5 Å². The van der Waals surface area contributed by atoms with Crippen molar-refractivity contribution in [2.75, 3.05) is 38.4 Å². The van der Waals surface area contributed by atoms with Crippen LogP contribution in [0.2, 0.25) is 10.0 Å². The molecule has 2 aromatic carbocycles. The average Bonchev–Trinajstić information content (AvgIpc) is 2.82. The molecule has 0 radical (unpaired) electrons. The van der Waals surface area contributed by atoms with Gasteiger partial charge < -0.3 is 19.7 Å². The molecule has 0 aromatic heterocycles. The first kappa shape index (κ1) is 28.5. The molecule has 2 aromatic rings. The number of ether oxygens (including phenoxy) is 2. The standard InChI is InChI=1S/C23H29Cl2N3O6S/c1-6-19(23(30)26-2)27(13-16-17(24)8-7-9-18(16)25)22(29)14-28(35(5,31)32)15-10-11-20(33-3)21(12-15)34-4/h7-12,19H,6,13-14H2,1-5H3,(H,26,30)/t19-/m1/s1. The number of hydrogen-bond donors (Lipinski definition) is 1. The third-order valence-electron chi connectivity index (χ3n) is 5.36. The number of nitrogens with one attached hydrogen (secondary N) is 1. The Morgan fingerprint density at radius 1 is 1.06 bits per heavy atom. The Balaban J connectivity index is 2.53. The molecule has 1 N–H and O–H groups in total. The van der Waals surface area contributed by atoms with Gasteiger partial charge in [0.15, 0.2) is 11.5 Å². The molecule has 0 spiro atoms. The summed E-state index contributed by atoms with van der Waals surface area (Å²) in [7, 11) is 0.433. The average molecular weight is 546 g/mol. The van der Waals surface area contributed by atoms with E-state index in [-0.39, 0.29) is 18.7 Å². The molecule has 0 aliphatic heterocycles. The van der Waals surface area contributed by atoms with Crippen molar-refractivity contribution < 1.29 is 27.5 Å². The van der Waals surface area contributed by atoms with Crippen LogP contribution in [0.3, 0.4) is 0 Å². The van der Waals surface area contributed by atoms with Gasteiger partial charge in [-0.15, -0.1) is 0 Å². The Bertz CT molecular complexity index is 1160. The fourth-order valence-electron chi connectivity index (χ4n) is 3.53. The number of hydrogen-bond acceptors (Lipinski definition) is 6. The van der Waals surface area contributed by atoms with Crippen LogP contribution in [-0.4, -0.2) is 65.2 Å². The second-order valence-corrected chi connectivity index (χ2v) is 10.3. The number of sulfonamides is 1. The molecule has 0 bridgehead atoms. The predicted octanol–water partition coefficient (Wildman–Crippen LogP) is 3.33. The summed E-state index contributed by atoms with van der Waals surface area (Å²) in [5, 5.41) is 3.19. The second kappa shape index (κ2) is 12.3. The number of nitrogens with zero attached hydrogens (tertiary/aromatic N) is 2. The maximum Gasteiger partial charge on any atom is 0.244 e. The van der Waals surface area contributed by atoms with Gasteiger partial charge in [0.25, 0.3) is 0 Å². The first-order valence-electron chi connectivity index (χ1n) is 10.6. The molecule has 0 saturated heterocycles. The van der Waals surface area contributed by atoms with Crippen molar-refractivity contribution in [2.45, 2.75) is 25.9 Å². The minimum atomic E-state index is -3.90. The predicted molar refractivity (Wildman–Crippen MR) is 137 cm³/mol. The second-order valence-electron chi connectivity index (χ2n) is 7.57. The summed E-state index contributed by atoms with van der Waals surface area (Å²) in [5.74, 6) is -0.322. The summed E-state index contributed by atoms with van der Waals surface area (Å²) in [6.45, 7) is 1.09. The van der Waals surface area contributed by atoms with Gasteiger partial charge in [0.05, 0.1) is 26.2 Å². The fourth-order valence-corrected chi connectivity index (χ4v) is 4.89. The van der Waals surface area contributed by atoms with Crippen LogP contribution in [0.15, 0.2) is 36.4 Å². The molecule has 2 rings (SSSR count). The maximum absolute atomic E-state index is 13.6. The van der Waals surface area contributed by atoms with Crippen LogP contribution >= 0.6 is 23.2 Å². The molecule has 12 heteroatoms. The number of benzene rings is 2. The van der Waals surface area contributed by atoms with Gasteiger partial charge in [-0.3, -0.25) is 13.9 Å². The lowest BCUT2D eigenvalue weighted by Crippen LogP contribution is -2.51. The summed E-state index contributed by atoms with van der Waals surface area (Å²) in [6, 6.07) is 8.53. The Morgan fingerprint density at radius 2 is 1.66 bits per heavy atom. The van der Waals surface area contributed by atoms with Gasteiger partial charge in [0.1, 0.15) is 12.6 Å². The van der Waals surface area contributed by atoms with Gasteiger partial charge in [0.2, 0.25) is 21.8 Å². The summed E-state index contributed by atoms with van der Waals surface area (Å²) < 4.78 is 36.8. The van der Waals surface area contributed by atoms with Crippen molar-refractivity contribution in [3.05, 3.63) is 52.0 Å². The Labute approximate surface area is 215 Å². The highest BCUT2D eigenvalue weighted by Gasteiger charge is 2.32. The first-order valence-corrected chi connectivity index (χ1v) is 13.2. The van der Waals surface area contributed by atoms with E-state index in [1.807, 2.05) is 0 Å². The molecule has 35 heavy (non-hydrogen) atoms. The summed E-state index contributed by atoms with van der Waals surface area (Å²) in [6.07, 6.45) is 1.27. The van der Waals surface area contributed by atoms with Crippen LogP contribution in [0.1, 0.15) is 18.9 Å². The monoisotopic (exact) mass is 545 g/mol. The smallest absolute Gasteiger partial charge is 0.244 e. The summed E-state index contributed by atoms with van der Waals surface area (Å²) >= 11 is 12.6. The Kier molecular flexibility index (Phi) is 10.1. The zero-order chi connectivity index (χ0) is 26.3. The number of anilines is 1. The highest BCUT2D eigenvalue weighted by Crippen LogP contribution is 2.33. The van der Waals surface area contributed by atoms with E-state index in [0.717, 1.165) is 10.6 Å². The highest BCUT2D eigenvalue weighted by atomic mass is 35.5. The Morgan fingerprint density at radius 3 is 2.14 bits per heavy atom. The van der Waals surface area contributed by atoms with Crippen LogP contribution in [0.25, 0.3) is 0 Å². The van der Waals surface area contributed by atoms with E-state index < -0.39 is 34.4 Å². The topological polar surface area (TPSA) is 105 Å². The third kappa shape index (κ3) is 6.93. The van der Waals surface area contributed by atoms with Crippen molar-refractivity contribution in [1.29, 1.82) is 0 Å². The van der Waals surface area contributed by atoms with Gasteiger partial charge >= 0.3 is 0 Å². The molecule has 0 saturated carbocycles. The van der Waals surface area contributed by atoms with Crippen molar-refractivity contribution in [1.82, 2.24) is 10.2 Å². The number of likely N-dealkylation sites (N-methyl/N-ethyl adjacent to an activating group) is 1. The molecule has 1 atom stereocenters. The number of carbonyl (C=O) groups is 2. The third-order valence-corrected chi connectivity index (χ3v) is 7.21. The largest absolute Gasteiger partial charge is 0.493 e. The van der Waals surface area contributed by atoms with Crippen LogP contribution < -0.4 is 19.1 Å². The molecule has 192 valence electrons. The number of rotatable bonds is 11. The Hall–Kier alpha value is -2.69. The highest BCUT2D eigenvalue weighted by molar-refractivity contribution is 7.92. The lowest BCUT2D eigenvalue weighted by molar-refractivity contribution is -0.140. The number of methoxy groups -OCH3 is 2. The van der Waals surface area contributed by atoms with Crippen LogP contribution in [-0.2, 0) is 26.2 Å². The fraction of sp³-hybridized carbons (Fsp3) is 0.391. The van der Waals surface area contributed by atoms with Crippen molar-refractivity contribution in [2.24, 2.45) is 0 Å². The van der Waals surface area contributed by atoms with Crippen LogP contribution in [0.4, 0.5) is 5.69 Å². The minimum Gasteiger partial charge on any atom is -0.493 e. The zero-order valence-electron chi connectivity index (χ0n) is 20.2. The van der Waals surface area contributed by atoms with Gasteiger partial charge in [0, 0.05) is 35.3 Å². The van der Waals surface area contributed by atoms with Crippen molar-refractivity contribution in [3.8, 4) is 11.5 Å². The zero-order valence-corrected chi connectivity index (χ0v) is 22.5. The molecule has 9 nitrogen and oxygen atoms in total. The number of amides is 2. The van der Waals surface area contributed by atoms with E-state index in [1.165, 1.54) is 44.4 Å². The van der Waals surface area contributed by atoms with Gasteiger partial charge in [-0.05, 0) is 30.7 Å². The van der Waals surface area contributed by atoms with Gasteiger partial charge in [-0.1, -0.05) is 36.2 Å². The lowest BCUT2D eigenvalue weighted by Gasteiger charge is -2.33. The molecule has 0 aliphatic rings. The quantitative estimate of drug-likeness (QED) is 0.464. The molecule has 0 heterocycles. The lowest BCUT2D eigenvalue weighted by atomic mass is 10.1. The molecule has 0 aliphatic carbocycles. The maximum atomic E-state index is 13.6. The number of halogens is 2. The normalized spacial score (nSPS) is 12.0. The molecule has 0 fully saturated rings.